The first-order valence-corrected chi connectivity index (χ1v) is 12.5. The summed E-state index contributed by atoms with van der Waals surface area (Å²) in [5.41, 5.74) is 2.18. The predicted octanol–water partition coefficient (Wildman–Crippen LogP) is 3.16. The lowest BCUT2D eigenvalue weighted by Gasteiger charge is -2.13. The number of H-pyrrole nitrogens is 1. The number of aromatic amines is 1. The summed E-state index contributed by atoms with van der Waals surface area (Å²) in [4.78, 5) is 15.3. The molecule has 3 heterocycles. The van der Waals surface area contributed by atoms with E-state index in [1.807, 2.05) is 21.0 Å². The molecule has 13 heteroatoms. The maximum atomic E-state index is 12.8. The van der Waals surface area contributed by atoms with Gasteiger partial charge in [-0.05, 0) is 45.3 Å². The lowest BCUT2D eigenvalue weighted by atomic mass is 10.2. The molecule has 0 saturated heterocycles. The molecule has 4 rings (SSSR count). The van der Waals surface area contributed by atoms with Gasteiger partial charge in [-0.15, -0.1) is 0 Å². The minimum Gasteiger partial charge on any atom is -0.497 e. The van der Waals surface area contributed by atoms with Crippen LogP contribution in [0.1, 0.15) is 5.69 Å². The third kappa shape index (κ3) is 5.45. The van der Waals surface area contributed by atoms with E-state index < -0.39 is 10.0 Å². The van der Waals surface area contributed by atoms with Crippen molar-refractivity contribution in [1.29, 1.82) is 0 Å². The van der Waals surface area contributed by atoms with Crippen molar-refractivity contribution in [3.63, 3.8) is 0 Å². The van der Waals surface area contributed by atoms with Gasteiger partial charge >= 0.3 is 0 Å². The van der Waals surface area contributed by atoms with Crippen molar-refractivity contribution in [2.45, 2.75) is 11.9 Å². The molecule has 0 amide bonds. The highest BCUT2D eigenvalue weighted by molar-refractivity contribution is 7.92. The molecule has 0 bridgehead atoms. The Morgan fingerprint density at radius 3 is 2.69 bits per heavy atom. The predicted molar refractivity (Wildman–Crippen MR) is 136 cm³/mol. The first kappa shape index (κ1) is 24.6. The number of halogens is 1. The smallest absolute Gasteiger partial charge is 0.279 e. The van der Waals surface area contributed by atoms with Gasteiger partial charge in [0.25, 0.3) is 10.0 Å². The Kier molecular flexibility index (Phi) is 7.05. The van der Waals surface area contributed by atoms with Gasteiger partial charge in [-0.2, -0.15) is 13.5 Å². The number of rotatable bonds is 9. The number of nitrogens with one attached hydrogen (secondary N) is 3. The second-order valence-electron chi connectivity index (χ2n) is 7.99. The number of aryl methyl sites for hydroxylation is 1. The number of sulfonamides is 1. The third-order valence-corrected chi connectivity index (χ3v) is 6.72. The van der Waals surface area contributed by atoms with Gasteiger partial charge in [-0.25, -0.2) is 15.0 Å². The fraction of sp³-hybridized carbons (Fsp3) is 0.273. The molecule has 35 heavy (non-hydrogen) atoms. The quantitative estimate of drug-likeness (QED) is 0.306. The molecular weight excluding hydrogens is 492 g/mol. The topological polar surface area (TPSA) is 138 Å². The van der Waals surface area contributed by atoms with Gasteiger partial charge in [0.05, 0.1) is 28.9 Å². The minimum absolute atomic E-state index is 0.181. The maximum Gasteiger partial charge on any atom is 0.279 e. The number of aromatic nitrogens is 5. The number of pyridine rings is 1. The summed E-state index contributed by atoms with van der Waals surface area (Å²) in [7, 11) is 1.45. The number of nitrogens with zero attached hydrogens (tertiary/aromatic N) is 5. The Morgan fingerprint density at radius 2 is 1.97 bits per heavy atom. The van der Waals surface area contributed by atoms with Crippen LogP contribution in [0.4, 0.5) is 11.5 Å². The lowest BCUT2D eigenvalue weighted by molar-refractivity contribution is 0.412. The number of likely N-dealkylation sites (N-methyl/N-ethyl adjacent to an activating group) is 1. The summed E-state index contributed by atoms with van der Waals surface area (Å²) in [6, 6.07) is 7.73. The monoisotopic (exact) mass is 516 g/mol. The molecule has 1 aromatic carbocycles. The molecule has 3 aromatic heterocycles. The Bertz CT molecular complexity index is 1470. The fourth-order valence-corrected chi connectivity index (χ4v) is 4.66. The van der Waals surface area contributed by atoms with E-state index in [0.29, 0.717) is 35.1 Å². The van der Waals surface area contributed by atoms with Crippen molar-refractivity contribution in [3.05, 3.63) is 47.2 Å². The molecule has 3 N–H and O–H groups in total. The Hall–Kier alpha value is -3.48. The first-order valence-electron chi connectivity index (χ1n) is 10.6. The van der Waals surface area contributed by atoms with Crippen LogP contribution in [0, 0.1) is 6.92 Å². The van der Waals surface area contributed by atoms with E-state index >= 15 is 0 Å². The Morgan fingerprint density at radius 1 is 1.17 bits per heavy atom. The average molecular weight is 517 g/mol. The first-order chi connectivity index (χ1) is 16.7. The van der Waals surface area contributed by atoms with Crippen LogP contribution < -0.4 is 14.8 Å². The highest BCUT2D eigenvalue weighted by atomic mass is 35.5. The normalized spacial score (nSPS) is 11.7. The van der Waals surface area contributed by atoms with Gasteiger partial charge in [0.2, 0.25) is 0 Å². The van der Waals surface area contributed by atoms with E-state index in [0.717, 1.165) is 17.6 Å². The van der Waals surface area contributed by atoms with Gasteiger partial charge in [0.15, 0.2) is 16.5 Å². The van der Waals surface area contributed by atoms with Crippen LogP contribution in [0.3, 0.4) is 0 Å². The average Bonchev–Trinajstić information content (AvgIpc) is 3.21. The Labute approximate surface area is 208 Å². The zero-order chi connectivity index (χ0) is 25.2. The number of anilines is 2. The van der Waals surface area contributed by atoms with E-state index in [1.165, 1.54) is 19.4 Å². The molecule has 4 aromatic rings. The van der Waals surface area contributed by atoms with Gasteiger partial charge in [0, 0.05) is 30.9 Å². The summed E-state index contributed by atoms with van der Waals surface area (Å²) in [5.74, 6) is 1.45. The van der Waals surface area contributed by atoms with E-state index in [9.17, 15) is 8.42 Å². The van der Waals surface area contributed by atoms with Gasteiger partial charge in [-0.1, -0.05) is 11.6 Å². The molecule has 0 aliphatic carbocycles. The van der Waals surface area contributed by atoms with E-state index in [2.05, 4.69) is 35.1 Å². The van der Waals surface area contributed by atoms with Crippen LogP contribution in [0.5, 0.6) is 5.75 Å². The zero-order valence-corrected chi connectivity index (χ0v) is 21.2. The van der Waals surface area contributed by atoms with E-state index in [1.54, 1.807) is 24.3 Å². The molecular formula is C22H25ClN8O3S. The summed E-state index contributed by atoms with van der Waals surface area (Å²) in [5, 5.41) is 11.3. The van der Waals surface area contributed by atoms with Crippen LogP contribution in [-0.2, 0) is 10.0 Å². The highest BCUT2D eigenvalue weighted by Crippen LogP contribution is 2.31. The van der Waals surface area contributed by atoms with Crippen LogP contribution in [-0.4, -0.2) is 72.8 Å². The van der Waals surface area contributed by atoms with Crippen molar-refractivity contribution < 1.29 is 13.2 Å². The molecule has 0 fully saturated rings. The largest absolute Gasteiger partial charge is 0.497 e. The van der Waals surface area contributed by atoms with Gasteiger partial charge in [-0.3, -0.25) is 9.82 Å². The number of fused-ring (bicyclic) bond motifs is 1. The summed E-state index contributed by atoms with van der Waals surface area (Å²) >= 11 is 6.44. The van der Waals surface area contributed by atoms with Crippen molar-refractivity contribution in [1.82, 2.24) is 30.0 Å². The number of ether oxygens (including phenoxy) is 1. The highest BCUT2D eigenvalue weighted by Gasteiger charge is 2.20. The SMILES string of the molecule is COc1ccnc(S(=O)(=O)Nc2ccc(-c3nc(NCCN(C)C)c4c(C)n[nH]c4n3)cc2Cl)c1. The molecule has 0 unspecified atom stereocenters. The number of hydrogen-bond acceptors (Lipinski definition) is 9. The van der Waals surface area contributed by atoms with Crippen LogP contribution in [0.15, 0.2) is 41.6 Å². The molecule has 0 spiro atoms. The molecule has 0 radical (unpaired) electrons. The van der Waals surface area contributed by atoms with Crippen LogP contribution in [0.2, 0.25) is 5.02 Å². The Balaban J connectivity index is 1.64. The second-order valence-corrected chi connectivity index (χ2v) is 10.0. The van der Waals surface area contributed by atoms with Gasteiger partial charge in [0.1, 0.15) is 11.6 Å². The zero-order valence-electron chi connectivity index (χ0n) is 19.6. The summed E-state index contributed by atoms with van der Waals surface area (Å²) in [6.45, 7) is 3.39. The molecule has 0 aliphatic heterocycles. The molecule has 11 nitrogen and oxygen atoms in total. The van der Waals surface area contributed by atoms with Crippen LogP contribution in [0.25, 0.3) is 22.4 Å². The minimum atomic E-state index is -3.98. The molecule has 0 saturated carbocycles. The van der Waals surface area contributed by atoms with E-state index in [4.69, 9.17) is 21.3 Å². The lowest BCUT2D eigenvalue weighted by Crippen LogP contribution is -2.21. The van der Waals surface area contributed by atoms with Gasteiger partial charge < -0.3 is 15.0 Å². The van der Waals surface area contributed by atoms with Crippen molar-refractivity contribution in [2.24, 2.45) is 0 Å². The second kappa shape index (κ2) is 10.0. The number of benzene rings is 1. The van der Waals surface area contributed by atoms with E-state index in [-0.39, 0.29) is 15.7 Å². The third-order valence-electron chi connectivity index (χ3n) is 5.14. The molecule has 184 valence electrons. The van der Waals surface area contributed by atoms with Crippen molar-refractivity contribution >= 4 is 44.2 Å². The maximum absolute atomic E-state index is 12.8. The number of methoxy groups -OCH3 is 1. The van der Waals surface area contributed by atoms with Crippen LogP contribution >= 0.6 is 11.6 Å². The number of hydrogen-bond donors (Lipinski definition) is 3. The summed E-state index contributed by atoms with van der Waals surface area (Å²) < 4.78 is 33.1. The molecule has 0 atom stereocenters. The van der Waals surface area contributed by atoms with Crippen molar-refractivity contribution in [3.8, 4) is 17.1 Å². The fourth-order valence-electron chi connectivity index (χ4n) is 3.33. The standard InChI is InChI=1S/C22H25ClN8O3S/c1-13-19-21(25-9-10-31(2)3)26-20(27-22(19)29-28-13)14-5-6-17(16(23)11-14)30-35(32,33)18-12-15(34-4)7-8-24-18/h5-8,11-12,30H,9-10H2,1-4H3,(H2,25,26,27,28,29). The van der Waals surface area contributed by atoms with Crippen molar-refractivity contribution in [2.75, 3.05) is 44.3 Å². The molecule has 0 aliphatic rings. The summed E-state index contributed by atoms with van der Waals surface area (Å²) in [6.07, 6.45) is 1.35.